The summed E-state index contributed by atoms with van der Waals surface area (Å²) in [6.45, 7) is 8.65. The van der Waals surface area contributed by atoms with E-state index in [4.69, 9.17) is 4.74 Å². The lowest BCUT2D eigenvalue weighted by molar-refractivity contribution is -0.107. The van der Waals surface area contributed by atoms with Gasteiger partial charge in [-0.3, -0.25) is 0 Å². The molecular weight excluding hydrogens is 430 g/mol. The molecule has 0 bridgehead atoms. The van der Waals surface area contributed by atoms with Gasteiger partial charge < -0.3 is 24.2 Å². The van der Waals surface area contributed by atoms with Crippen LogP contribution in [0.5, 0.6) is 0 Å². The van der Waals surface area contributed by atoms with E-state index in [-0.39, 0.29) is 6.09 Å². The quantitative estimate of drug-likeness (QED) is 0.391. The molecule has 8 heteroatoms. The zero-order valence-corrected chi connectivity index (χ0v) is 20.8. The summed E-state index contributed by atoms with van der Waals surface area (Å²) in [4.78, 5) is 38.3. The summed E-state index contributed by atoms with van der Waals surface area (Å²) < 4.78 is 5.51. The minimum atomic E-state index is -0.472. The predicted octanol–water partition coefficient (Wildman–Crippen LogP) is 4.68. The largest absolute Gasteiger partial charge is 0.444 e. The number of anilines is 3. The Morgan fingerprint density at radius 2 is 1.82 bits per heavy atom. The first kappa shape index (κ1) is 25.5. The lowest BCUT2D eigenvalue weighted by atomic mass is 9.96. The van der Waals surface area contributed by atoms with Crippen molar-refractivity contribution in [2.75, 3.05) is 43.0 Å². The maximum absolute atomic E-state index is 12.3. The zero-order valence-electron chi connectivity index (χ0n) is 20.8. The van der Waals surface area contributed by atoms with E-state index in [2.05, 4.69) is 19.8 Å². The van der Waals surface area contributed by atoms with Crippen LogP contribution < -0.4 is 9.80 Å². The molecular formula is C26H37N5O3. The van der Waals surface area contributed by atoms with Crippen LogP contribution in [0.2, 0.25) is 0 Å². The number of aldehydes is 1. The van der Waals surface area contributed by atoms with Gasteiger partial charge in [0.05, 0.1) is 0 Å². The van der Waals surface area contributed by atoms with Gasteiger partial charge in [0, 0.05) is 51.4 Å². The third-order valence-electron chi connectivity index (χ3n) is 5.88. The minimum Gasteiger partial charge on any atom is -0.444 e. The molecule has 2 aromatic rings. The van der Waals surface area contributed by atoms with Gasteiger partial charge in [-0.05, 0) is 58.1 Å². The van der Waals surface area contributed by atoms with E-state index in [1.165, 1.54) is 0 Å². The highest BCUT2D eigenvalue weighted by Crippen LogP contribution is 2.27. The van der Waals surface area contributed by atoms with Gasteiger partial charge in [-0.2, -0.15) is 0 Å². The van der Waals surface area contributed by atoms with Crippen LogP contribution in [0.1, 0.15) is 46.5 Å². The number of ether oxygens (including phenoxy) is 1. The third kappa shape index (κ3) is 7.43. The van der Waals surface area contributed by atoms with Crippen LogP contribution in [0.3, 0.4) is 0 Å². The maximum atomic E-state index is 12.3. The van der Waals surface area contributed by atoms with E-state index < -0.39 is 5.60 Å². The van der Waals surface area contributed by atoms with E-state index in [9.17, 15) is 9.59 Å². The average Bonchev–Trinajstić information content (AvgIpc) is 2.82. The molecule has 1 aliphatic heterocycles. The van der Waals surface area contributed by atoms with Crippen molar-refractivity contribution in [2.45, 2.75) is 52.1 Å². The second-order valence-electron chi connectivity index (χ2n) is 9.82. The van der Waals surface area contributed by atoms with Crippen molar-refractivity contribution in [1.29, 1.82) is 0 Å². The van der Waals surface area contributed by atoms with Gasteiger partial charge in [0.25, 0.3) is 0 Å². The van der Waals surface area contributed by atoms with Crippen molar-refractivity contribution in [3.8, 4) is 0 Å². The molecule has 0 N–H and O–H groups in total. The molecule has 0 radical (unpaired) electrons. The summed E-state index contributed by atoms with van der Waals surface area (Å²) in [6, 6.07) is 12.1. The lowest BCUT2D eigenvalue weighted by Gasteiger charge is -2.35. The van der Waals surface area contributed by atoms with Crippen molar-refractivity contribution >= 4 is 29.7 Å². The molecule has 1 aromatic heterocycles. The summed E-state index contributed by atoms with van der Waals surface area (Å²) in [6.07, 6.45) is 5.47. The number of para-hydroxylation sites is 1. The zero-order chi connectivity index (χ0) is 24.6. The second-order valence-corrected chi connectivity index (χ2v) is 9.82. The first-order valence-electron chi connectivity index (χ1n) is 12.0. The summed E-state index contributed by atoms with van der Waals surface area (Å²) in [5.41, 5.74) is 0.565. The van der Waals surface area contributed by atoms with Crippen LogP contribution in [0.15, 0.2) is 42.7 Å². The predicted molar refractivity (Wildman–Crippen MR) is 135 cm³/mol. The smallest absolute Gasteiger partial charge is 0.410 e. The number of amides is 1. The Morgan fingerprint density at radius 1 is 1.15 bits per heavy atom. The molecule has 2 heterocycles. The highest BCUT2D eigenvalue weighted by atomic mass is 16.6. The number of hydrogen-bond acceptors (Lipinski definition) is 7. The molecule has 1 aliphatic rings. The number of likely N-dealkylation sites (tertiary alicyclic amines) is 1. The average molecular weight is 468 g/mol. The molecule has 3 rings (SSSR count). The van der Waals surface area contributed by atoms with Crippen molar-refractivity contribution < 1.29 is 14.3 Å². The number of hydrogen-bond donors (Lipinski definition) is 0. The number of nitrogens with zero attached hydrogens (tertiary/aromatic N) is 5. The molecule has 0 atom stereocenters. The SMILES string of the molecule is CN(CC1CCN(C(=O)OC(C)(C)C)CC1)c1cc(N(CCCC=O)c2ccccc2)ncn1. The van der Waals surface area contributed by atoms with E-state index >= 15 is 0 Å². The fourth-order valence-corrected chi connectivity index (χ4v) is 4.12. The van der Waals surface area contributed by atoms with Crippen LogP contribution in [-0.2, 0) is 9.53 Å². The number of rotatable bonds is 9. The van der Waals surface area contributed by atoms with E-state index in [0.717, 1.165) is 49.4 Å². The Hall–Kier alpha value is -3.16. The first-order valence-corrected chi connectivity index (χ1v) is 12.0. The Balaban J connectivity index is 1.62. The van der Waals surface area contributed by atoms with E-state index in [1.807, 2.05) is 69.1 Å². The first-order chi connectivity index (χ1) is 16.3. The standard InChI is InChI=1S/C26H37N5O3/c1-26(2,3)34-25(33)30-15-12-21(13-16-30)19-29(4)23-18-24(28-20-27-23)31(14-8-9-17-32)22-10-6-5-7-11-22/h5-7,10-11,17-18,20-21H,8-9,12-16,19H2,1-4H3. The van der Waals surface area contributed by atoms with Gasteiger partial charge in [-0.15, -0.1) is 0 Å². The molecule has 1 amide bonds. The van der Waals surface area contributed by atoms with Crippen LogP contribution in [0.25, 0.3) is 0 Å². The fraction of sp³-hybridized carbons (Fsp3) is 0.538. The summed E-state index contributed by atoms with van der Waals surface area (Å²) >= 11 is 0. The number of carbonyl (C=O) groups excluding carboxylic acids is 2. The molecule has 8 nitrogen and oxygen atoms in total. The number of piperidine rings is 1. The van der Waals surface area contributed by atoms with Crippen molar-refractivity contribution in [3.05, 3.63) is 42.7 Å². The number of aromatic nitrogens is 2. The summed E-state index contributed by atoms with van der Waals surface area (Å²) in [5, 5.41) is 0. The molecule has 0 spiro atoms. The van der Waals surface area contributed by atoms with Gasteiger partial charge in [-0.25, -0.2) is 14.8 Å². The Morgan fingerprint density at radius 3 is 2.47 bits per heavy atom. The summed E-state index contributed by atoms with van der Waals surface area (Å²) in [7, 11) is 2.05. The molecule has 1 aromatic carbocycles. The van der Waals surface area contributed by atoms with Crippen LogP contribution in [0, 0.1) is 5.92 Å². The van der Waals surface area contributed by atoms with Gasteiger partial charge in [-0.1, -0.05) is 18.2 Å². The lowest BCUT2D eigenvalue weighted by Crippen LogP contribution is -2.43. The number of benzene rings is 1. The van der Waals surface area contributed by atoms with E-state index in [1.54, 1.807) is 6.33 Å². The van der Waals surface area contributed by atoms with Gasteiger partial charge in [0.2, 0.25) is 0 Å². The molecule has 0 saturated carbocycles. The van der Waals surface area contributed by atoms with Gasteiger partial charge in [0.15, 0.2) is 0 Å². The van der Waals surface area contributed by atoms with Crippen molar-refractivity contribution in [1.82, 2.24) is 14.9 Å². The molecule has 34 heavy (non-hydrogen) atoms. The molecule has 0 unspecified atom stereocenters. The highest BCUT2D eigenvalue weighted by Gasteiger charge is 2.27. The van der Waals surface area contributed by atoms with Crippen LogP contribution in [-0.4, -0.2) is 66.1 Å². The number of carbonyl (C=O) groups is 2. The normalized spacial score (nSPS) is 14.5. The summed E-state index contributed by atoms with van der Waals surface area (Å²) in [5.74, 6) is 2.14. The van der Waals surface area contributed by atoms with Crippen molar-refractivity contribution in [2.24, 2.45) is 5.92 Å². The molecule has 1 fully saturated rings. The van der Waals surface area contributed by atoms with Crippen molar-refractivity contribution in [3.63, 3.8) is 0 Å². The Kier molecular flexibility index (Phi) is 8.85. The third-order valence-corrected chi connectivity index (χ3v) is 5.88. The Labute approximate surface area is 202 Å². The minimum absolute atomic E-state index is 0.227. The maximum Gasteiger partial charge on any atom is 0.410 e. The fourth-order valence-electron chi connectivity index (χ4n) is 4.12. The Bertz CT molecular complexity index is 924. The monoisotopic (exact) mass is 467 g/mol. The topological polar surface area (TPSA) is 78.9 Å². The van der Waals surface area contributed by atoms with Gasteiger partial charge in [0.1, 0.15) is 29.9 Å². The molecule has 1 saturated heterocycles. The second kappa shape index (κ2) is 11.8. The van der Waals surface area contributed by atoms with E-state index in [0.29, 0.717) is 32.0 Å². The van der Waals surface area contributed by atoms with Crippen LogP contribution >= 0.6 is 0 Å². The molecule has 184 valence electrons. The highest BCUT2D eigenvalue weighted by molar-refractivity contribution is 5.68. The number of unbranched alkanes of at least 4 members (excludes halogenated alkanes) is 1. The van der Waals surface area contributed by atoms with Gasteiger partial charge >= 0.3 is 6.09 Å². The molecule has 0 aliphatic carbocycles. The van der Waals surface area contributed by atoms with Crippen LogP contribution in [0.4, 0.5) is 22.1 Å².